The van der Waals surface area contributed by atoms with Crippen LogP contribution in [0.4, 0.5) is 0 Å². The topological polar surface area (TPSA) is 12.0 Å². The lowest BCUT2D eigenvalue weighted by atomic mass is 9.90. The van der Waals surface area contributed by atoms with E-state index in [4.69, 9.17) is 0 Å². The molecule has 0 saturated carbocycles. The van der Waals surface area contributed by atoms with Crippen molar-refractivity contribution in [2.75, 3.05) is 13.1 Å². The van der Waals surface area contributed by atoms with E-state index in [0.29, 0.717) is 0 Å². The van der Waals surface area contributed by atoms with E-state index >= 15 is 0 Å². The summed E-state index contributed by atoms with van der Waals surface area (Å²) in [5.74, 6) is 1.97. The lowest BCUT2D eigenvalue weighted by Crippen LogP contribution is -2.12. The van der Waals surface area contributed by atoms with Crippen molar-refractivity contribution in [2.45, 2.75) is 39.5 Å². The summed E-state index contributed by atoms with van der Waals surface area (Å²) in [6, 6.07) is 0. The third-order valence-electron chi connectivity index (χ3n) is 2.98. The fourth-order valence-electron chi connectivity index (χ4n) is 2.01. The Morgan fingerprint density at radius 3 is 2.55 bits per heavy atom. The minimum atomic E-state index is 0.986. The summed E-state index contributed by atoms with van der Waals surface area (Å²) in [4.78, 5) is 0. The summed E-state index contributed by atoms with van der Waals surface area (Å²) in [5, 5.41) is 3.43. The largest absolute Gasteiger partial charge is 0.316 e. The van der Waals surface area contributed by atoms with E-state index in [9.17, 15) is 0 Å². The van der Waals surface area contributed by atoms with Crippen molar-refractivity contribution in [1.82, 2.24) is 5.32 Å². The van der Waals surface area contributed by atoms with Crippen LogP contribution in [0.5, 0.6) is 0 Å². The zero-order valence-electron chi connectivity index (χ0n) is 7.90. The Labute approximate surface area is 70.6 Å². The molecule has 1 saturated heterocycles. The standard InChI is InChI=1S/C10H21N/c1-3-9(4-2)7-10-5-6-11-8-10/h9-11H,3-8H2,1-2H3. The van der Waals surface area contributed by atoms with E-state index in [0.717, 1.165) is 11.8 Å². The molecule has 1 fully saturated rings. The normalized spacial score (nSPS) is 24.8. The lowest BCUT2D eigenvalue weighted by Gasteiger charge is -2.16. The SMILES string of the molecule is CCC(CC)CC1CCNC1. The Bertz CT molecular complexity index is 91.0. The van der Waals surface area contributed by atoms with E-state index < -0.39 is 0 Å². The molecule has 0 aliphatic carbocycles. The average molecular weight is 155 g/mol. The number of hydrogen-bond donors (Lipinski definition) is 1. The first-order chi connectivity index (χ1) is 5.36. The van der Waals surface area contributed by atoms with Gasteiger partial charge in [0.15, 0.2) is 0 Å². The molecule has 1 rings (SSSR count). The predicted octanol–water partition coefficient (Wildman–Crippen LogP) is 2.42. The van der Waals surface area contributed by atoms with Crippen molar-refractivity contribution in [1.29, 1.82) is 0 Å². The molecule has 1 unspecified atom stereocenters. The predicted molar refractivity (Wildman–Crippen MR) is 49.7 cm³/mol. The van der Waals surface area contributed by atoms with Crippen LogP contribution in [-0.4, -0.2) is 13.1 Å². The number of nitrogens with one attached hydrogen (secondary N) is 1. The van der Waals surface area contributed by atoms with Crippen LogP contribution in [0.15, 0.2) is 0 Å². The van der Waals surface area contributed by atoms with Crippen molar-refractivity contribution < 1.29 is 0 Å². The zero-order chi connectivity index (χ0) is 8.10. The van der Waals surface area contributed by atoms with Crippen LogP contribution in [-0.2, 0) is 0 Å². The van der Waals surface area contributed by atoms with Gasteiger partial charge in [0.05, 0.1) is 0 Å². The van der Waals surface area contributed by atoms with Gasteiger partial charge in [0.25, 0.3) is 0 Å². The second-order valence-corrected chi connectivity index (χ2v) is 3.78. The molecule has 1 nitrogen and oxygen atoms in total. The van der Waals surface area contributed by atoms with E-state index in [1.807, 2.05) is 0 Å². The zero-order valence-corrected chi connectivity index (χ0v) is 7.90. The molecule has 1 aliphatic heterocycles. The molecule has 0 bridgehead atoms. The van der Waals surface area contributed by atoms with Gasteiger partial charge in [-0.05, 0) is 37.8 Å². The van der Waals surface area contributed by atoms with Crippen molar-refractivity contribution in [3.8, 4) is 0 Å². The molecular weight excluding hydrogens is 134 g/mol. The highest BCUT2D eigenvalue weighted by molar-refractivity contribution is 4.73. The van der Waals surface area contributed by atoms with Crippen LogP contribution in [0.3, 0.4) is 0 Å². The summed E-state index contributed by atoms with van der Waals surface area (Å²) in [7, 11) is 0. The molecule has 1 atom stereocenters. The van der Waals surface area contributed by atoms with Crippen molar-refractivity contribution in [3.63, 3.8) is 0 Å². The summed E-state index contributed by atoms with van der Waals surface area (Å²) in [6.07, 6.45) is 5.61. The molecule has 1 aliphatic rings. The van der Waals surface area contributed by atoms with Crippen molar-refractivity contribution in [3.05, 3.63) is 0 Å². The minimum absolute atomic E-state index is 0.986. The van der Waals surface area contributed by atoms with Crippen molar-refractivity contribution in [2.24, 2.45) is 11.8 Å². The molecule has 0 spiro atoms. The van der Waals surface area contributed by atoms with Crippen LogP contribution < -0.4 is 5.32 Å². The summed E-state index contributed by atoms with van der Waals surface area (Å²) in [6.45, 7) is 7.16. The first-order valence-electron chi connectivity index (χ1n) is 5.07. The molecule has 0 aromatic rings. The number of hydrogen-bond acceptors (Lipinski definition) is 1. The molecular formula is C10H21N. The van der Waals surface area contributed by atoms with Crippen molar-refractivity contribution >= 4 is 0 Å². The fraction of sp³-hybridized carbons (Fsp3) is 1.00. The molecule has 1 N–H and O–H groups in total. The second kappa shape index (κ2) is 4.76. The van der Waals surface area contributed by atoms with Crippen LogP contribution >= 0.6 is 0 Å². The Balaban J connectivity index is 2.16. The summed E-state index contributed by atoms with van der Waals surface area (Å²) >= 11 is 0. The van der Waals surface area contributed by atoms with Gasteiger partial charge in [-0.3, -0.25) is 0 Å². The maximum Gasteiger partial charge on any atom is -0.00199 e. The monoisotopic (exact) mass is 155 g/mol. The third kappa shape index (κ3) is 2.82. The van der Waals surface area contributed by atoms with E-state index in [-0.39, 0.29) is 0 Å². The maximum absolute atomic E-state index is 3.43. The smallest absolute Gasteiger partial charge is 0.00199 e. The van der Waals surface area contributed by atoms with E-state index in [2.05, 4.69) is 19.2 Å². The van der Waals surface area contributed by atoms with Crippen LogP contribution in [0.25, 0.3) is 0 Å². The highest BCUT2D eigenvalue weighted by Crippen LogP contribution is 2.22. The second-order valence-electron chi connectivity index (χ2n) is 3.78. The average Bonchev–Trinajstić information content (AvgIpc) is 2.52. The fourth-order valence-corrected chi connectivity index (χ4v) is 2.01. The molecule has 0 aromatic carbocycles. The van der Waals surface area contributed by atoms with Gasteiger partial charge < -0.3 is 5.32 Å². The molecule has 66 valence electrons. The van der Waals surface area contributed by atoms with E-state index in [1.165, 1.54) is 38.8 Å². The van der Waals surface area contributed by atoms with Crippen LogP contribution in [0.2, 0.25) is 0 Å². The Hall–Kier alpha value is -0.0400. The summed E-state index contributed by atoms with van der Waals surface area (Å²) < 4.78 is 0. The van der Waals surface area contributed by atoms with Gasteiger partial charge in [-0.1, -0.05) is 26.7 Å². The molecule has 0 radical (unpaired) electrons. The van der Waals surface area contributed by atoms with Gasteiger partial charge in [-0.2, -0.15) is 0 Å². The molecule has 1 heterocycles. The van der Waals surface area contributed by atoms with Gasteiger partial charge in [-0.25, -0.2) is 0 Å². The number of rotatable bonds is 4. The quantitative estimate of drug-likeness (QED) is 0.657. The third-order valence-corrected chi connectivity index (χ3v) is 2.98. The summed E-state index contributed by atoms with van der Waals surface area (Å²) in [5.41, 5.74) is 0. The molecule has 0 aromatic heterocycles. The minimum Gasteiger partial charge on any atom is -0.316 e. The van der Waals surface area contributed by atoms with Crippen LogP contribution in [0, 0.1) is 11.8 Å². The first kappa shape index (κ1) is 9.05. The Morgan fingerprint density at radius 1 is 1.36 bits per heavy atom. The Morgan fingerprint density at radius 2 is 2.09 bits per heavy atom. The van der Waals surface area contributed by atoms with Gasteiger partial charge in [0.2, 0.25) is 0 Å². The first-order valence-corrected chi connectivity index (χ1v) is 5.07. The van der Waals surface area contributed by atoms with Crippen LogP contribution in [0.1, 0.15) is 39.5 Å². The van der Waals surface area contributed by atoms with Gasteiger partial charge in [-0.15, -0.1) is 0 Å². The van der Waals surface area contributed by atoms with Gasteiger partial charge in [0.1, 0.15) is 0 Å². The Kier molecular flexibility index (Phi) is 3.92. The van der Waals surface area contributed by atoms with E-state index in [1.54, 1.807) is 0 Å². The highest BCUT2D eigenvalue weighted by atomic mass is 14.9. The maximum atomic E-state index is 3.43. The van der Waals surface area contributed by atoms with Gasteiger partial charge in [0, 0.05) is 0 Å². The lowest BCUT2D eigenvalue weighted by molar-refractivity contribution is 0.370. The van der Waals surface area contributed by atoms with Gasteiger partial charge >= 0.3 is 0 Å². The highest BCUT2D eigenvalue weighted by Gasteiger charge is 2.17. The molecule has 0 amide bonds. The molecule has 1 heteroatoms. The molecule has 11 heavy (non-hydrogen) atoms.